The number of hydrogen-bond acceptors (Lipinski definition) is 6. The quantitative estimate of drug-likeness (QED) is 0.781. The smallest absolute Gasteiger partial charge is 0.125 e. The summed E-state index contributed by atoms with van der Waals surface area (Å²) in [7, 11) is 1.70. The number of aromatic nitrogens is 3. The highest BCUT2D eigenvalue weighted by molar-refractivity contribution is 7.09. The molecule has 0 fully saturated rings. The van der Waals surface area contributed by atoms with Crippen molar-refractivity contribution in [3.05, 3.63) is 33.5 Å². The molecule has 6 nitrogen and oxygen atoms in total. The highest BCUT2D eigenvalue weighted by Gasteiger charge is 2.25. The molecule has 0 aromatic carbocycles. The van der Waals surface area contributed by atoms with Gasteiger partial charge < -0.3 is 14.2 Å². The van der Waals surface area contributed by atoms with E-state index in [1.54, 1.807) is 18.4 Å². The van der Waals surface area contributed by atoms with Crippen molar-refractivity contribution < 1.29 is 14.2 Å². The van der Waals surface area contributed by atoms with Crippen LogP contribution in [-0.2, 0) is 33.8 Å². The number of fused-ring (bicyclic) bond motifs is 1. The van der Waals surface area contributed by atoms with Gasteiger partial charge in [0.25, 0.3) is 0 Å². The second-order valence-corrected chi connectivity index (χ2v) is 6.34. The molecule has 1 aliphatic rings. The molecule has 0 spiro atoms. The molecule has 0 N–H and O–H groups in total. The molecule has 0 aliphatic carbocycles. The topological polar surface area (TPSA) is 58.4 Å². The highest BCUT2D eigenvalue weighted by atomic mass is 32.1. The first-order valence-corrected chi connectivity index (χ1v) is 8.29. The lowest BCUT2D eigenvalue weighted by atomic mass is 10.1. The van der Waals surface area contributed by atoms with E-state index in [0.29, 0.717) is 26.4 Å². The van der Waals surface area contributed by atoms with E-state index in [1.807, 2.05) is 17.0 Å². The number of aryl methyl sites for hydroxylation is 1. The zero-order chi connectivity index (χ0) is 15.4. The van der Waals surface area contributed by atoms with Crippen LogP contribution in [0.1, 0.15) is 28.1 Å². The molecule has 2 aromatic heterocycles. The third-order valence-corrected chi connectivity index (χ3v) is 4.40. The first kappa shape index (κ1) is 15.6. The van der Waals surface area contributed by atoms with Crippen LogP contribution in [0.2, 0.25) is 0 Å². The summed E-state index contributed by atoms with van der Waals surface area (Å²) < 4.78 is 18.6. The summed E-state index contributed by atoms with van der Waals surface area (Å²) in [6.45, 7) is 5.15. The van der Waals surface area contributed by atoms with Gasteiger partial charge >= 0.3 is 0 Å². The van der Waals surface area contributed by atoms with Crippen LogP contribution < -0.4 is 0 Å². The van der Waals surface area contributed by atoms with E-state index < -0.39 is 0 Å². The van der Waals surface area contributed by atoms with Crippen LogP contribution in [0.25, 0.3) is 0 Å². The van der Waals surface area contributed by atoms with Gasteiger partial charge in [0.05, 0.1) is 49.4 Å². The van der Waals surface area contributed by atoms with Crippen LogP contribution in [0.4, 0.5) is 0 Å². The van der Waals surface area contributed by atoms with Crippen molar-refractivity contribution in [2.45, 2.75) is 32.6 Å². The molecule has 120 valence electrons. The molecule has 3 rings (SSSR count). The Labute approximate surface area is 134 Å². The van der Waals surface area contributed by atoms with Crippen LogP contribution in [0.15, 0.2) is 11.6 Å². The zero-order valence-corrected chi connectivity index (χ0v) is 13.8. The highest BCUT2D eigenvalue weighted by Crippen LogP contribution is 2.26. The molecule has 0 amide bonds. The fourth-order valence-corrected chi connectivity index (χ4v) is 3.10. The summed E-state index contributed by atoms with van der Waals surface area (Å²) in [4.78, 5) is 4.39. The van der Waals surface area contributed by atoms with Crippen LogP contribution in [0.3, 0.4) is 0 Å². The Balaban J connectivity index is 1.57. The van der Waals surface area contributed by atoms with Crippen LogP contribution in [0.5, 0.6) is 0 Å². The zero-order valence-electron chi connectivity index (χ0n) is 12.9. The number of hydrogen-bond donors (Lipinski definition) is 0. The third kappa shape index (κ3) is 3.73. The summed E-state index contributed by atoms with van der Waals surface area (Å²) >= 11 is 1.64. The molecule has 0 saturated carbocycles. The van der Waals surface area contributed by atoms with Gasteiger partial charge in [-0.15, -0.1) is 11.3 Å². The fraction of sp³-hybridized carbons (Fsp3) is 0.600. The van der Waals surface area contributed by atoms with Crippen LogP contribution in [0, 0.1) is 6.92 Å². The number of rotatable bonds is 7. The molecule has 0 radical (unpaired) electrons. The predicted molar refractivity (Wildman–Crippen MR) is 83.0 cm³/mol. The van der Waals surface area contributed by atoms with Gasteiger partial charge in [0.15, 0.2) is 0 Å². The van der Waals surface area contributed by atoms with Crippen molar-refractivity contribution in [1.29, 1.82) is 0 Å². The lowest BCUT2D eigenvalue weighted by Crippen LogP contribution is -2.20. The first-order chi connectivity index (χ1) is 10.8. The van der Waals surface area contributed by atoms with Gasteiger partial charge in [-0.25, -0.2) is 4.98 Å². The molecule has 22 heavy (non-hydrogen) atoms. The first-order valence-electron chi connectivity index (χ1n) is 7.42. The van der Waals surface area contributed by atoms with E-state index in [4.69, 9.17) is 14.2 Å². The maximum atomic E-state index is 5.82. The van der Waals surface area contributed by atoms with Gasteiger partial charge in [-0.05, 0) is 18.9 Å². The minimum Gasteiger partial charge on any atom is -0.383 e. The summed E-state index contributed by atoms with van der Waals surface area (Å²) in [5.41, 5.74) is 3.22. The van der Waals surface area contributed by atoms with E-state index in [-0.39, 0.29) is 6.10 Å². The second-order valence-electron chi connectivity index (χ2n) is 5.28. The van der Waals surface area contributed by atoms with Gasteiger partial charge in [-0.2, -0.15) is 5.10 Å². The molecule has 1 unspecified atom stereocenters. The van der Waals surface area contributed by atoms with Gasteiger partial charge in [-0.1, -0.05) is 0 Å². The van der Waals surface area contributed by atoms with Crippen molar-refractivity contribution in [2.24, 2.45) is 0 Å². The summed E-state index contributed by atoms with van der Waals surface area (Å²) in [5, 5.41) is 7.71. The second kappa shape index (κ2) is 7.32. The maximum absolute atomic E-state index is 5.82. The summed E-state index contributed by atoms with van der Waals surface area (Å²) in [6.07, 6.45) is 2.91. The van der Waals surface area contributed by atoms with Gasteiger partial charge in [0, 0.05) is 18.7 Å². The van der Waals surface area contributed by atoms with Gasteiger partial charge in [0.1, 0.15) is 6.10 Å². The standard InChI is InChI=1S/C15H21N3O3S/c1-11-16-13(10-22-11)8-20-9-14-15-12(3-5-21-14)7-18(17-15)4-6-19-2/h7,10,14H,3-6,8-9H2,1-2H3. The summed E-state index contributed by atoms with van der Waals surface area (Å²) in [6, 6.07) is 0. The average Bonchev–Trinajstić information content (AvgIpc) is 3.11. The van der Waals surface area contributed by atoms with Crippen molar-refractivity contribution in [2.75, 3.05) is 26.9 Å². The molecule has 0 saturated heterocycles. The van der Waals surface area contributed by atoms with E-state index in [0.717, 1.165) is 29.4 Å². The fourth-order valence-electron chi connectivity index (χ4n) is 2.50. The lowest BCUT2D eigenvalue weighted by Gasteiger charge is -2.21. The molecular weight excluding hydrogens is 302 g/mol. The minimum absolute atomic E-state index is 0.0905. The van der Waals surface area contributed by atoms with Crippen molar-refractivity contribution in [3.63, 3.8) is 0 Å². The molecule has 3 heterocycles. The molecular formula is C15H21N3O3S. The SMILES string of the molecule is COCCn1cc2c(n1)C(COCc1csc(C)n1)OCC2. The Morgan fingerprint density at radius 2 is 2.41 bits per heavy atom. The monoisotopic (exact) mass is 323 g/mol. The molecule has 1 aliphatic heterocycles. The normalized spacial score (nSPS) is 17.6. The Hall–Kier alpha value is -1.28. The van der Waals surface area contributed by atoms with Crippen molar-refractivity contribution in [3.8, 4) is 0 Å². The molecule has 0 bridgehead atoms. The van der Waals surface area contributed by atoms with Crippen LogP contribution >= 0.6 is 11.3 Å². The maximum Gasteiger partial charge on any atom is 0.125 e. The van der Waals surface area contributed by atoms with Gasteiger partial charge in [-0.3, -0.25) is 4.68 Å². The Morgan fingerprint density at radius 3 is 3.18 bits per heavy atom. The van der Waals surface area contributed by atoms with E-state index in [9.17, 15) is 0 Å². The van der Waals surface area contributed by atoms with Crippen molar-refractivity contribution in [1.82, 2.24) is 14.8 Å². The predicted octanol–water partition coefficient (Wildman–Crippen LogP) is 2.13. The molecule has 7 heteroatoms. The number of thiazole rings is 1. The average molecular weight is 323 g/mol. The number of methoxy groups -OCH3 is 1. The van der Waals surface area contributed by atoms with Crippen molar-refractivity contribution >= 4 is 11.3 Å². The van der Waals surface area contributed by atoms with E-state index in [2.05, 4.69) is 16.3 Å². The van der Waals surface area contributed by atoms with Gasteiger partial charge in [0.2, 0.25) is 0 Å². The number of ether oxygens (including phenoxy) is 3. The summed E-state index contributed by atoms with van der Waals surface area (Å²) in [5.74, 6) is 0. The lowest BCUT2D eigenvalue weighted by molar-refractivity contribution is -0.0326. The third-order valence-electron chi connectivity index (χ3n) is 3.58. The Bertz CT molecular complexity index is 611. The molecule has 2 aromatic rings. The number of nitrogens with zero attached hydrogens (tertiary/aromatic N) is 3. The Kier molecular flexibility index (Phi) is 5.20. The largest absolute Gasteiger partial charge is 0.383 e. The van der Waals surface area contributed by atoms with Crippen LogP contribution in [-0.4, -0.2) is 41.7 Å². The molecule has 1 atom stereocenters. The Morgan fingerprint density at radius 1 is 1.50 bits per heavy atom. The van der Waals surface area contributed by atoms with E-state index in [1.165, 1.54) is 5.56 Å². The van der Waals surface area contributed by atoms with E-state index >= 15 is 0 Å². The minimum atomic E-state index is -0.0905.